The summed E-state index contributed by atoms with van der Waals surface area (Å²) < 4.78 is 0. The number of benzene rings is 1. The number of amides is 1. The summed E-state index contributed by atoms with van der Waals surface area (Å²) in [5, 5.41) is 12.4. The van der Waals surface area contributed by atoms with Gasteiger partial charge in [0, 0.05) is 18.0 Å². The molecule has 0 heterocycles. The Labute approximate surface area is 125 Å². The van der Waals surface area contributed by atoms with Crippen LogP contribution in [0.3, 0.4) is 0 Å². The first-order chi connectivity index (χ1) is 9.56. The molecule has 1 amide bonds. The maximum Gasteiger partial charge on any atom is 0.222 e. The van der Waals surface area contributed by atoms with Crippen molar-refractivity contribution in [3.63, 3.8) is 0 Å². The fourth-order valence-electron chi connectivity index (χ4n) is 1.90. The third-order valence-electron chi connectivity index (χ3n) is 2.94. The molecule has 0 saturated heterocycles. The molecule has 0 aliphatic rings. The highest BCUT2D eigenvalue weighted by atomic mass is 35.5. The molecule has 1 N–H and O–H groups in total. The lowest BCUT2D eigenvalue weighted by molar-refractivity contribution is -0.121. The first-order valence-electron chi connectivity index (χ1n) is 6.69. The van der Waals surface area contributed by atoms with Gasteiger partial charge in [-0.05, 0) is 37.7 Å². The molecule has 0 aromatic heterocycles. The molecule has 5 heteroatoms. The van der Waals surface area contributed by atoms with Crippen molar-refractivity contribution >= 4 is 17.5 Å². The number of nitrogens with zero attached hydrogens (tertiary/aromatic N) is 2. The van der Waals surface area contributed by atoms with Crippen molar-refractivity contribution in [2.24, 2.45) is 0 Å². The minimum atomic E-state index is -0.655. The van der Waals surface area contributed by atoms with Gasteiger partial charge in [0.15, 0.2) is 0 Å². The zero-order valence-electron chi connectivity index (χ0n) is 11.9. The third-order valence-corrected chi connectivity index (χ3v) is 3.18. The van der Waals surface area contributed by atoms with Crippen LogP contribution in [0.25, 0.3) is 0 Å². The minimum Gasteiger partial charge on any atom is -0.337 e. The Hall–Kier alpha value is -1.57. The van der Waals surface area contributed by atoms with Crippen LogP contribution in [-0.2, 0) is 4.79 Å². The summed E-state index contributed by atoms with van der Waals surface area (Å²) in [6.45, 7) is 3.75. The Morgan fingerprint density at radius 3 is 2.85 bits per heavy atom. The molecule has 0 fully saturated rings. The molecule has 0 radical (unpaired) electrons. The second-order valence-corrected chi connectivity index (χ2v) is 5.17. The number of halogens is 1. The van der Waals surface area contributed by atoms with Gasteiger partial charge in [-0.25, -0.2) is 0 Å². The molecule has 0 aliphatic heterocycles. The smallest absolute Gasteiger partial charge is 0.222 e. The van der Waals surface area contributed by atoms with Crippen molar-refractivity contribution in [1.29, 1.82) is 5.26 Å². The minimum absolute atomic E-state index is 0.125. The van der Waals surface area contributed by atoms with E-state index < -0.39 is 6.04 Å². The van der Waals surface area contributed by atoms with E-state index in [2.05, 4.69) is 23.2 Å². The first-order valence-corrected chi connectivity index (χ1v) is 7.07. The fourth-order valence-corrected chi connectivity index (χ4v) is 2.09. The molecular formula is C15H20ClN3O. The SMILES string of the molecule is CCCN(C)CCC(=O)NC(C#N)c1cccc(Cl)c1. The monoisotopic (exact) mass is 293 g/mol. The van der Waals surface area contributed by atoms with E-state index in [0.717, 1.165) is 13.0 Å². The van der Waals surface area contributed by atoms with Crippen molar-refractivity contribution in [3.8, 4) is 6.07 Å². The van der Waals surface area contributed by atoms with E-state index in [9.17, 15) is 4.79 Å². The van der Waals surface area contributed by atoms with E-state index in [1.165, 1.54) is 0 Å². The number of carbonyl (C=O) groups is 1. The van der Waals surface area contributed by atoms with Gasteiger partial charge >= 0.3 is 0 Å². The summed E-state index contributed by atoms with van der Waals surface area (Å²) >= 11 is 5.89. The number of nitriles is 1. The van der Waals surface area contributed by atoms with E-state index in [1.54, 1.807) is 24.3 Å². The zero-order chi connectivity index (χ0) is 15.0. The van der Waals surface area contributed by atoms with E-state index in [0.29, 0.717) is 23.6 Å². The molecule has 1 aromatic rings. The van der Waals surface area contributed by atoms with Crippen molar-refractivity contribution in [1.82, 2.24) is 10.2 Å². The van der Waals surface area contributed by atoms with Gasteiger partial charge in [0.1, 0.15) is 6.04 Å². The predicted octanol–water partition coefficient (Wildman–Crippen LogP) is 2.75. The Kier molecular flexibility index (Phi) is 7.06. The highest BCUT2D eigenvalue weighted by Crippen LogP contribution is 2.17. The summed E-state index contributed by atoms with van der Waals surface area (Å²) in [7, 11) is 1.98. The summed E-state index contributed by atoms with van der Waals surface area (Å²) in [4.78, 5) is 14.0. The van der Waals surface area contributed by atoms with Gasteiger partial charge in [0.2, 0.25) is 5.91 Å². The molecule has 20 heavy (non-hydrogen) atoms. The van der Waals surface area contributed by atoms with Gasteiger partial charge in [0.05, 0.1) is 6.07 Å². The normalized spacial score (nSPS) is 11.9. The Balaban J connectivity index is 2.53. The second kappa shape index (κ2) is 8.57. The van der Waals surface area contributed by atoms with E-state index >= 15 is 0 Å². The molecule has 4 nitrogen and oxygen atoms in total. The maximum atomic E-state index is 11.9. The average molecular weight is 294 g/mol. The lowest BCUT2D eigenvalue weighted by Gasteiger charge is -2.16. The summed E-state index contributed by atoms with van der Waals surface area (Å²) in [6, 6.07) is 8.41. The van der Waals surface area contributed by atoms with Gasteiger partial charge in [-0.2, -0.15) is 5.26 Å². The van der Waals surface area contributed by atoms with Crippen LogP contribution in [0.4, 0.5) is 0 Å². The maximum absolute atomic E-state index is 11.9. The van der Waals surface area contributed by atoms with E-state index in [1.807, 2.05) is 7.05 Å². The van der Waals surface area contributed by atoms with Crippen LogP contribution in [0, 0.1) is 11.3 Å². The number of carbonyl (C=O) groups excluding carboxylic acids is 1. The molecule has 1 aromatic carbocycles. The molecule has 0 bridgehead atoms. The molecule has 1 atom stereocenters. The topological polar surface area (TPSA) is 56.1 Å². The number of rotatable bonds is 7. The summed E-state index contributed by atoms with van der Waals surface area (Å²) in [5.41, 5.74) is 0.704. The summed E-state index contributed by atoms with van der Waals surface area (Å²) in [6.07, 6.45) is 1.44. The first kappa shape index (κ1) is 16.5. The van der Waals surface area contributed by atoms with Crippen LogP contribution in [0.15, 0.2) is 24.3 Å². The van der Waals surface area contributed by atoms with Crippen LogP contribution in [-0.4, -0.2) is 30.9 Å². The zero-order valence-corrected chi connectivity index (χ0v) is 12.7. The lowest BCUT2D eigenvalue weighted by Crippen LogP contribution is -2.31. The van der Waals surface area contributed by atoms with Gasteiger partial charge in [-0.1, -0.05) is 30.7 Å². The van der Waals surface area contributed by atoms with E-state index in [4.69, 9.17) is 16.9 Å². The number of hydrogen-bond donors (Lipinski definition) is 1. The van der Waals surface area contributed by atoms with Crippen LogP contribution >= 0.6 is 11.6 Å². The van der Waals surface area contributed by atoms with Crippen LogP contribution in [0.5, 0.6) is 0 Å². The molecular weight excluding hydrogens is 274 g/mol. The fraction of sp³-hybridized carbons (Fsp3) is 0.467. The van der Waals surface area contributed by atoms with E-state index in [-0.39, 0.29) is 5.91 Å². The van der Waals surface area contributed by atoms with Gasteiger partial charge in [0.25, 0.3) is 0 Å². The quantitative estimate of drug-likeness (QED) is 0.841. The largest absolute Gasteiger partial charge is 0.337 e. The van der Waals surface area contributed by atoms with Crippen molar-refractivity contribution < 1.29 is 4.79 Å². The highest BCUT2D eigenvalue weighted by molar-refractivity contribution is 6.30. The predicted molar refractivity (Wildman–Crippen MR) is 80.4 cm³/mol. The lowest BCUT2D eigenvalue weighted by atomic mass is 10.1. The molecule has 0 saturated carbocycles. The Bertz CT molecular complexity index is 484. The average Bonchev–Trinajstić information content (AvgIpc) is 2.43. The molecule has 1 unspecified atom stereocenters. The molecule has 0 aliphatic carbocycles. The number of hydrogen-bond acceptors (Lipinski definition) is 3. The third kappa shape index (κ3) is 5.60. The van der Waals surface area contributed by atoms with Gasteiger partial charge in [-0.3, -0.25) is 4.79 Å². The summed E-state index contributed by atoms with van der Waals surface area (Å²) in [5.74, 6) is -0.125. The Morgan fingerprint density at radius 2 is 2.25 bits per heavy atom. The van der Waals surface area contributed by atoms with Gasteiger partial charge in [-0.15, -0.1) is 0 Å². The molecule has 108 valence electrons. The molecule has 0 spiro atoms. The van der Waals surface area contributed by atoms with Crippen LogP contribution in [0.1, 0.15) is 31.4 Å². The Morgan fingerprint density at radius 1 is 1.50 bits per heavy atom. The standard InChI is InChI=1S/C15H20ClN3O/c1-3-8-19(2)9-7-15(20)18-14(11-17)12-5-4-6-13(16)10-12/h4-6,10,14H,3,7-9H2,1-2H3,(H,18,20). The van der Waals surface area contributed by atoms with Crippen LogP contribution < -0.4 is 5.32 Å². The van der Waals surface area contributed by atoms with Gasteiger partial charge < -0.3 is 10.2 Å². The van der Waals surface area contributed by atoms with Crippen LogP contribution in [0.2, 0.25) is 5.02 Å². The van der Waals surface area contributed by atoms with Crippen molar-refractivity contribution in [3.05, 3.63) is 34.9 Å². The second-order valence-electron chi connectivity index (χ2n) is 4.74. The van der Waals surface area contributed by atoms with Crippen molar-refractivity contribution in [2.75, 3.05) is 20.1 Å². The highest BCUT2D eigenvalue weighted by Gasteiger charge is 2.14. The number of nitrogens with one attached hydrogen (secondary N) is 1. The van der Waals surface area contributed by atoms with Crippen molar-refractivity contribution in [2.45, 2.75) is 25.8 Å². The molecule has 1 rings (SSSR count).